The van der Waals surface area contributed by atoms with Crippen molar-refractivity contribution >= 4 is 17.1 Å². The van der Waals surface area contributed by atoms with Crippen molar-refractivity contribution in [2.75, 3.05) is 0 Å². The van der Waals surface area contributed by atoms with Gasteiger partial charge in [-0.1, -0.05) is 70.4 Å². The predicted octanol–water partition coefficient (Wildman–Crippen LogP) is 7.36. The average molecular weight is 350 g/mol. The Morgan fingerprint density at radius 2 is 1.50 bits per heavy atom. The monoisotopic (exact) mass is 349 g/mol. The number of Topliss-reactive ketones (excluding diaryl/α,β-unsaturated/α-hetero) is 1. The number of rotatable bonds is 16. The Labute approximate surface area is 152 Å². The maximum absolute atomic E-state index is 11.8. The summed E-state index contributed by atoms with van der Waals surface area (Å²) < 4.78 is 0. The van der Waals surface area contributed by atoms with E-state index in [1.54, 1.807) is 6.20 Å². The lowest BCUT2D eigenvalue weighted by molar-refractivity contribution is 0.0978. The van der Waals surface area contributed by atoms with Gasteiger partial charge in [0.05, 0.1) is 0 Å². The van der Waals surface area contributed by atoms with Crippen molar-refractivity contribution in [2.45, 2.75) is 96.8 Å². The van der Waals surface area contributed by atoms with Crippen molar-refractivity contribution < 1.29 is 4.79 Å². The first-order valence-electron chi connectivity index (χ1n) is 9.92. The van der Waals surface area contributed by atoms with Crippen LogP contribution in [-0.4, -0.2) is 10.8 Å². The Kier molecular flexibility index (Phi) is 13.7. The Morgan fingerprint density at radius 3 is 2.08 bits per heavy atom. The summed E-state index contributed by atoms with van der Waals surface area (Å²) in [4.78, 5) is 15.8. The summed E-state index contributed by atoms with van der Waals surface area (Å²) in [5, 5.41) is 2.54. The van der Waals surface area contributed by atoms with E-state index in [1.165, 1.54) is 88.4 Å². The maximum atomic E-state index is 11.8. The first-order chi connectivity index (χ1) is 11.8. The summed E-state index contributed by atoms with van der Waals surface area (Å²) in [7, 11) is 0. The molecule has 0 bridgehead atoms. The third-order valence-corrected chi connectivity index (χ3v) is 5.15. The quantitative estimate of drug-likeness (QED) is 0.177. The fraction of sp³-hybridized carbons (Fsp3) is 0.714. The van der Waals surface area contributed by atoms with Crippen LogP contribution in [0.2, 0.25) is 0 Å². The van der Waals surface area contributed by atoms with Crippen LogP contribution in [0.4, 0.5) is 0 Å². The molecule has 0 saturated heterocycles. The van der Waals surface area contributed by atoms with Crippen LogP contribution in [0.1, 0.15) is 107 Å². The number of carbonyl (C=O) groups is 1. The summed E-state index contributed by atoms with van der Waals surface area (Å²) in [6.45, 7) is 2.27. The van der Waals surface area contributed by atoms with Gasteiger partial charge in [-0.2, -0.15) is 0 Å². The van der Waals surface area contributed by atoms with Crippen LogP contribution in [0.3, 0.4) is 0 Å². The van der Waals surface area contributed by atoms with E-state index in [2.05, 4.69) is 24.1 Å². The topological polar surface area (TPSA) is 30.0 Å². The molecule has 1 heterocycles. The molecule has 0 unspecified atom stereocenters. The second-order valence-corrected chi connectivity index (χ2v) is 7.49. The SMILES string of the molecule is CCCCCCCCC=CCCCCCCCC(=O)c1nccs1. The van der Waals surface area contributed by atoms with Gasteiger partial charge in [0.2, 0.25) is 0 Å². The van der Waals surface area contributed by atoms with Crippen LogP contribution in [0.25, 0.3) is 0 Å². The predicted molar refractivity (Wildman–Crippen MR) is 106 cm³/mol. The molecule has 0 aromatic carbocycles. The van der Waals surface area contributed by atoms with Gasteiger partial charge in [0.15, 0.2) is 10.8 Å². The van der Waals surface area contributed by atoms with Crippen LogP contribution in [0.5, 0.6) is 0 Å². The van der Waals surface area contributed by atoms with Crippen LogP contribution in [0.15, 0.2) is 23.7 Å². The largest absolute Gasteiger partial charge is 0.292 e. The van der Waals surface area contributed by atoms with Crippen molar-refractivity contribution in [1.29, 1.82) is 0 Å². The van der Waals surface area contributed by atoms with Gasteiger partial charge in [0.25, 0.3) is 0 Å². The van der Waals surface area contributed by atoms with Crippen molar-refractivity contribution in [1.82, 2.24) is 4.98 Å². The Bertz CT molecular complexity index is 425. The van der Waals surface area contributed by atoms with Crippen LogP contribution >= 0.6 is 11.3 Å². The van der Waals surface area contributed by atoms with Gasteiger partial charge in [0, 0.05) is 18.0 Å². The van der Waals surface area contributed by atoms with E-state index in [-0.39, 0.29) is 5.78 Å². The standard InChI is InChI=1S/C21H35NOS/c1-2-3-4-5-6-7-8-9-10-11-12-13-14-15-16-17-20(23)21-22-18-19-24-21/h9-10,18-19H,2-8,11-17H2,1H3. The van der Waals surface area contributed by atoms with Gasteiger partial charge in [-0.05, 0) is 32.1 Å². The lowest BCUT2D eigenvalue weighted by Gasteiger charge is -2.00. The number of hydrogen-bond donors (Lipinski definition) is 0. The molecule has 0 saturated carbocycles. The molecule has 0 aliphatic heterocycles. The van der Waals surface area contributed by atoms with E-state index in [1.807, 2.05) is 5.38 Å². The third kappa shape index (κ3) is 11.6. The molecule has 1 aromatic heterocycles. The lowest BCUT2D eigenvalue weighted by atomic mass is 10.1. The molecule has 0 fully saturated rings. The first-order valence-corrected chi connectivity index (χ1v) is 10.8. The molecule has 24 heavy (non-hydrogen) atoms. The fourth-order valence-electron chi connectivity index (χ4n) is 2.82. The van der Waals surface area contributed by atoms with E-state index >= 15 is 0 Å². The fourth-order valence-corrected chi connectivity index (χ4v) is 3.43. The zero-order chi connectivity index (χ0) is 17.3. The summed E-state index contributed by atoms with van der Waals surface area (Å²) >= 11 is 1.45. The number of thiazole rings is 1. The van der Waals surface area contributed by atoms with E-state index in [0.29, 0.717) is 11.4 Å². The molecule has 0 atom stereocenters. The number of aromatic nitrogens is 1. The summed E-state index contributed by atoms with van der Waals surface area (Å²) in [6.07, 6.45) is 23.9. The lowest BCUT2D eigenvalue weighted by Crippen LogP contribution is -1.97. The van der Waals surface area contributed by atoms with Gasteiger partial charge >= 0.3 is 0 Å². The molecule has 0 radical (unpaired) electrons. The molecular weight excluding hydrogens is 314 g/mol. The van der Waals surface area contributed by atoms with Crippen LogP contribution in [0, 0.1) is 0 Å². The van der Waals surface area contributed by atoms with E-state index < -0.39 is 0 Å². The number of unbranched alkanes of at least 4 members (excludes halogenated alkanes) is 11. The molecular formula is C21H35NOS. The maximum Gasteiger partial charge on any atom is 0.191 e. The molecule has 136 valence electrons. The molecule has 1 rings (SSSR count). The summed E-state index contributed by atoms with van der Waals surface area (Å²) in [6, 6.07) is 0. The zero-order valence-electron chi connectivity index (χ0n) is 15.5. The number of allylic oxidation sites excluding steroid dienone is 2. The second-order valence-electron chi connectivity index (χ2n) is 6.59. The van der Waals surface area contributed by atoms with Gasteiger partial charge in [-0.15, -0.1) is 11.3 Å². The van der Waals surface area contributed by atoms with Gasteiger partial charge < -0.3 is 0 Å². The van der Waals surface area contributed by atoms with Gasteiger partial charge in [-0.3, -0.25) is 4.79 Å². The molecule has 0 aliphatic carbocycles. The van der Waals surface area contributed by atoms with Crippen molar-refractivity contribution in [3.8, 4) is 0 Å². The Morgan fingerprint density at radius 1 is 0.917 bits per heavy atom. The molecule has 0 aliphatic rings. The van der Waals surface area contributed by atoms with Crippen molar-refractivity contribution in [2.24, 2.45) is 0 Å². The molecule has 3 heteroatoms. The minimum Gasteiger partial charge on any atom is -0.292 e. The molecule has 0 spiro atoms. The van der Waals surface area contributed by atoms with Gasteiger partial charge in [-0.25, -0.2) is 4.98 Å². The average Bonchev–Trinajstić information content (AvgIpc) is 3.13. The first kappa shape index (κ1) is 21.1. The van der Waals surface area contributed by atoms with E-state index in [4.69, 9.17) is 0 Å². The molecule has 2 nitrogen and oxygen atoms in total. The Balaban J connectivity index is 1.80. The highest BCUT2D eigenvalue weighted by molar-refractivity contribution is 7.11. The van der Waals surface area contributed by atoms with E-state index in [9.17, 15) is 4.79 Å². The van der Waals surface area contributed by atoms with E-state index in [0.717, 1.165) is 6.42 Å². The van der Waals surface area contributed by atoms with Gasteiger partial charge in [0.1, 0.15) is 0 Å². The highest BCUT2D eigenvalue weighted by Crippen LogP contribution is 2.13. The second kappa shape index (κ2) is 15.6. The third-order valence-electron chi connectivity index (χ3n) is 4.34. The molecule has 1 aromatic rings. The van der Waals surface area contributed by atoms with Crippen LogP contribution < -0.4 is 0 Å². The van der Waals surface area contributed by atoms with Crippen LogP contribution in [-0.2, 0) is 0 Å². The molecule has 0 N–H and O–H groups in total. The minimum absolute atomic E-state index is 0.211. The molecule has 0 amide bonds. The Hall–Kier alpha value is -0.960. The number of hydrogen-bond acceptors (Lipinski definition) is 3. The van der Waals surface area contributed by atoms with Crippen molar-refractivity contribution in [3.05, 3.63) is 28.7 Å². The number of carbonyl (C=O) groups excluding carboxylic acids is 1. The normalized spacial score (nSPS) is 11.4. The summed E-state index contributed by atoms with van der Waals surface area (Å²) in [5.74, 6) is 0.211. The number of ketones is 1. The van der Waals surface area contributed by atoms with Crippen molar-refractivity contribution in [3.63, 3.8) is 0 Å². The zero-order valence-corrected chi connectivity index (χ0v) is 16.3. The number of nitrogens with zero attached hydrogens (tertiary/aromatic N) is 1. The minimum atomic E-state index is 0.211. The highest BCUT2D eigenvalue weighted by Gasteiger charge is 2.07. The summed E-state index contributed by atoms with van der Waals surface area (Å²) in [5.41, 5.74) is 0. The highest BCUT2D eigenvalue weighted by atomic mass is 32.1. The smallest absolute Gasteiger partial charge is 0.191 e.